The van der Waals surface area contributed by atoms with Gasteiger partial charge in [-0.15, -0.1) is 0 Å². The molecule has 2 heterocycles. The number of hydrogen-bond acceptors (Lipinski definition) is 4. The summed E-state index contributed by atoms with van der Waals surface area (Å²) in [6, 6.07) is 14.5. The summed E-state index contributed by atoms with van der Waals surface area (Å²) in [5.74, 6) is 1.12. The van der Waals surface area contributed by atoms with E-state index in [4.69, 9.17) is 21.7 Å². The number of nitrogens with one attached hydrogen (secondary N) is 1. The molecule has 5 nitrogen and oxygen atoms in total. The highest BCUT2D eigenvalue weighted by atomic mass is 32.1. The fourth-order valence-electron chi connectivity index (χ4n) is 4.07. The van der Waals surface area contributed by atoms with Crippen molar-refractivity contribution in [1.82, 2.24) is 20.4 Å². The Kier molecular flexibility index (Phi) is 6.42. The van der Waals surface area contributed by atoms with Crippen LogP contribution in [0.1, 0.15) is 60.9 Å². The van der Waals surface area contributed by atoms with Crippen LogP contribution in [0, 0.1) is 20.8 Å². The summed E-state index contributed by atoms with van der Waals surface area (Å²) in [5.41, 5.74) is 7.78. The van der Waals surface area contributed by atoms with E-state index in [2.05, 4.69) is 80.3 Å². The number of thiocarbonyl (C=S) groups is 1. The highest BCUT2D eigenvalue weighted by molar-refractivity contribution is 7.80. The first-order valence-corrected chi connectivity index (χ1v) is 11.6. The number of rotatable bonds is 6. The smallest absolute Gasteiger partial charge is 0.258 e. The summed E-state index contributed by atoms with van der Waals surface area (Å²) in [5, 5.41) is 8.59. The predicted octanol–water partition coefficient (Wildman–Crippen LogP) is 6.12. The van der Waals surface area contributed by atoms with E-state index in [0.29, 0.717) is 11.7 Å². The monoisotopic (exact) mass is 446 g/mol. The molecule has 4 rings (SSSR count). The summed E-state index contributed by atoms with van der Waals surface area (Å²) in [6.45, 7) is 11.5. The lowest BCUT2D eigenvalue weighted by atomic mass is 9.92. The van der Waals surface area contributed by atoms with Crippen LogP contribution in [0.15, 0.2) is 52.7 Å². The second kappa shape index (κ2) is 9.25. The molecule has 3 aromatic rings. The van der Waals surface area contributed by atoms with Crippen molar-refractivity contribution in [2.45, 2.75) is 53.5 Å². The highest BCUT2D eigenvalue weighted by Gasteiger charge is 2.34. The second-order valence-corrected chi connectivity index (χ2v) is 8.91. The molecule has 1 aliphatic rings. The largest absolute Gasteiger partial charge is 0.351 e. The molecule has 0 bridgehead atoms. The normalized spacial score (nSPS) is 16.5. The molecular weight excluding hydrogens is 416 g/mol. The van der Waals surface area contributed by atoms with Gasteiger partial charge < -0.3 is 14.7 Å². The van der Waals surface area contributed by atoms with Crippen LogP contribution in [0.5, 0.6) is 0 Å². The Hall–Kier alpha value is -2.99. The molecular formula is C26H30N4OS. The maximum absolute atomic E-state index is 5.83. The summed E-state index contributed by atoms with van der Waals surface area (Å²) in [4.78, 5) is 6.96. The third kappa shape index (κ3) is 4.32. The van der Waals surface area contributed by atoms with Crippen LogP contribution in [-0.4, -0.2) is 26.7 Å². The third-order valence-corrected chi connectivity index (χ3v) is 6.47. The van der Waals surface area contributed by atoms with Crippen molar-refractivity contribution in [2.75, 3.05) is 6.54 Å². The van der Waals surface area contributed by atoms with E-state index in [1.165, 1.54) is 11.1 Å². The first kappa shape index (κ1) is 22.2. The van der Waals surface area contributed by atoms with Crippen LogP contribution in [0.3, 0.4) is 0 Å². The van der Waals surface area contributed by atoms with Gasteiger partial charge in [-0.1, -0.05) is 60.5 Å². The lowest BCUT2D eigenvalue weighted by molar-refractivity contribution is 0.395. The van der Waals surface area contributed by atoms with Crippen molar-refractivity contribution in [3.05, 3.63) is 76.3 Å². The summed E-state index contributed by atoms with van der Waals surface area (Å²) in [7, 11) is 0. The van der Waals surface area contributed by atoms with Crippen molar-refractivity contribution < 1.29 is 4.52 Å². The van der Waals surface area contributed by atoms with E-state index in [1.54, 1.807) is 0 Å². The van der Waals surface area contributed by atoms with Crippen LogP contribution in [0.4, 0.5) is 0 Å². The second-order valence-electron chi connectivity index (χ2n) is 8.52. The minimum absolute atomic E-state index is 0.148. The first-order valence-electron chi connectivity index (χ1n) is 11.2. The highest BCUT2D eigenvalue weighted by Crippen LogP contribution is 2.38. The Morgan fingerprint density at radius 1 is 1.06 bits per heavy atom. The Bertz CT molecular complexity index is 1180. The van der Waals surface area contributed by atoms with E-state index in [-0.39, 0.29) is 6.04 Å². The number of nitrogens with zero attached hydrogens (tertiary/aromatic N) is 3. The van der Waals surface area contributed by atoms with Crippen molar-refractivity contribution in [3.8, 4) is 11.4 Å². The van der Waals surface area contributed by atoms with Crippen molar-refractivity contribution >= 4 is 22.9 Å². The number of aromatic nitrogens is 2. The molecule has 0 fully saturated rings. The summed E-state index contributed by atoms with van der Waals surface area (Å²) < 4.78 is 5.83. The van der Waals surface area contributed by atoms with Crippen molar-refractivity contribution in [1.29, 1.82) is 0 Å². The van der Waals surface area contributed by atoms with Crippen molar-refractivity contribution in [3.63, 3.8) is 0 Å². The van der Waals surface area contributed by atoms with Gasteiger partial charge >= 0.3 is 0 Å². The Morgan fingerprint density at radius 2 is 1.88 bits per heavy atom. The molecule has 0 radical (unpaired) electrons. The lowest BCUT2D eigenvalue weighted by Gasteiger charge is -2.37. The SMILES string of the molecule is CCCCN1C(=S)NC(c2ccc(C)c(C)c2)C(c2nc(-c3cccc(C)c3)no2)=C1C. The molecule has 2 aromatic carbocycles. The van der Waals surface area contributed by atoms with E-state index >= 15 is 0 Å². The minimum atomic E-state index is -0.148. The van der Waals surface area contributed by atoms with E-state index in [9.17, 15) is 0 Å². The molecule has 1 N–H and O–H groups in total. The van der Waals surface area contributed by atoms with Gasteiger partial charge in [0.05, 0.1) is 11.6 Å². The van der Waals surface area contributed by atoms with E-state index in [0.717, 1.165) is 52.5 Å². The summed E-state index contributed by atoms with van der Waals surface area (Å²) >= 11 is 5.77. The molecule has 0 aliphatic carbocycles. The molecule has 0 spiro atoms. The topological polar surface area (TPSA) is 54.2 Å². The van der Waals surface area contributed by atoms with Gasteiger partial charge in [0, 0.05) is 17.8 Å². The van der Waals surface area contributed by atoms with Crippen LogP contribution < -0.4 is 5.32 Å². The molecule has 0 saturated carbocycles. The Labute approximate surface area is 195 Å². The van der Waals surface area contributed by atoms with E-state index in [1.807, 2.05) is 12.1 Å². The van der Waals surface area contributed by atoms with Crippen molar-refractivity contribution in [2.24, 2.45) is 0 Å². The maximum atomic E-state index is 5.83. The number of aryl methyl sites for hydroxylation is 3. The van der Waals surface area contributed by atoms with Gasteiger partial charge in [-0.05, 0) is 69.1 Å². The standard InChI is InChI=1S/C26H30N4OS/c1-6-7-13-30-19(5)22(23(27-26(30)32)20-12-11-17(3)18(4)15-20)25-28-24(29-31-25)21-10-8-9-16(2)14-21/h8-12,14-15,23H,6-7,13H2,1-5H3,(H,27,32). The fraction of sp³-hybridized carbons (Fsp3) is 0.346. The maximum Gasteiger partial charge on any atom is 0.258 e. The zero-order valence-corrected chi connectivity index (χ0v) is 20.2. The predicted molar refractivity (Wildman–Crippen MR) is 133 cm³/mol. The van der Waals surface area contributed by atoms with Crippen LogP contribution in [0.2, 0.25) is 0 Å². The van der Waals surface area contributed by atoms with Gasteiger partial charge in [-0.2, -0.15) is 4.98 Å². The van der Waals surface area contributed by atoms with E-state index < -0.39 is 0 Å². The molecule has 166 valence electrons. The molecule has 1 atom stereocenters. The molecule has 6 heteroatoms. The zero-order valence-electron chi connectivity index (χ0n) is 19.4. The average Bonchev–Trinajstić information content (AvgIpc) is 3.25. The van der Waals surface area contributed by atoms with Crippen LogP contribution >= 0.6 is 12.2 Å². The number of unbranched alkanes of at least 4 members (excludes halogenated alkanes) is 1. The average molecular weight is 447 g/mol. The van der Waals surface area contributed by atoms with Gasteiger partial charge in [0.15, 0.2) is 5.11 Å². The lowest BCUT2D eigenvalue weighted by Crippen LogP contribution is -2.46. The number of hydrogen-bond donors (Lipinski definition) is 1. The van der Waals surface area contributed by atoms with Crippen LogP contribution in [-0.2, 0) is 0 Å². The van der Waals surface area contributed by atoms with Gasteiger partial charge in [0.2, 0.25) is 5.82 Å². The zero-order chi connectivity index (χ0) is 22.8. The molecule has 1 aliphatic heterocycles. The summed E-state index contributed by atoms with van der Waals surface area (Å²) in [6.07, 6.45) is 2.15. The quantitative estimate of drug-likeness (QED) is 0.460. The van der Waals surface area contributed by atoms with Crippen LogP contribution in [0.25, 0.3) is 17.0 Å². The molecule has 1 aromatic heterocycles. The molecule has 1 unspecified atom stereocenters. The van der Waals surface area contributed by atoms with Gasteiger partial charge in [0.1, 0.15) is 0 Å². The number of allylic oxidation sites excluding steroid dienone is 1. The van der Waals surface area contributed by atoms with Gasteiger partial charge in [-0.25, -0.2) is 0 Å². The number of benzene rings is 2. The fourth-order valence-corrected chi connectivity index (χ4v) is 4.42. The van der Waals surface area contributed by atoms with Gasteiger partial charge in [-0.3, -0.25) is 0 Å². The minimum Gasteiger partial charge on any atom is -0.351 e. The first-order chi connectivity index (χ1) is 15.4. The molecule has 32 heavy (non-hydrogen) atoms. The Balaban J connectivity index is 1.82. The molecule has 0 saturated heterocycles. The third-order valence-electron chi connectivity index (χ3n) is 6.13. The molecule has 0 amide bonds. The Morgan fingerprint density at radius 3 is 2.59 bits per heavy atom. The van der Waals surface area contributed by atoms with Gasteiger partial charge in [0.25, 0.3) is 5.89 Å².